The second-order valence-electron chi connectivity index (χ2n) is 6.29. The number of anilines is 4. The van der Waals surface area contributed by atoms with Crippen LogP contribution >= 0.6 is 27.7 Å². The molecule has 0 bridgehead atoms. The molecule has 4 N–H and O–H groups in total. The summed E-state index contributed by atoms with van der Waals surface area (Å²) in [6, 6.07) is 17.0. The average Bonchev–Trinajstić information content (AvgIpc) is 2.68. The van der Waals surface area contributed by atoms with E-state index in [0.717, 1.165) is 15.8 Å². The molecule has 0 fully saturated rings. The Morgan fingerprint density at radius 3 is 2.48 bits per heavy atom. The van der Waals surface area contributed by atoms with Gasteiger partial charge in [0.05, 0.1) is 10.5 Å². The quantitative estimate of drug-likeness (QED) is 0.454. The molecule has 0 radical (unpaired) electrons. The highest BCUT2D eigenvalue weighted by Crippen LogP contribution is 2.31. The van der Waals surface area contributed by atoms with Gasteiger partial charge in [0.25, 0.3) is 0 Å². The largest absolute Gasteiger partial charge is 0.368 e. The zero-order valence-corrected chi connectivity index (χ0v) is 18.4. The van der Waals surface area contributed by atoms with Crippen molar-refractivity contribution in [3.05, 3.63) is 64.9 Å². The van der Waals surface area contributed by atoms with Gasteiger partial charge in [0, 0.05) is 15.8 Å². The molecule has 2 aromatic carbocycles. The third-order valence-electron chi connectivity index (χ3n) is 3.93. The first-order valence-electron chi connectivity index (χ1n) is 8.96. The van der Waals surface area contributed by atoms with Gasteiger partial charge in [0.2, 0.25) is 17.8 Å². The van der Waals surface area contributed by atoms with E-state index in [1.807, 2.05) is 68.4 Å². The Balaban J connectivity index is 1.66. The Kier molecular flexibility index (Phi) is 7.05. The van der Waals surface area contributed by atoms with Crippen molar-refractivity contribution >= 4 is 56.9 Å². The number of carbonyl (C=O) groups is 1. The fraction of sp³-hybridized carbons (Fsp3) is 0.200. The zero-order valence-electron chi connectivity index (χ0n) is 16.0. The van der Waals surface area contributed by atoms with Gasteiger partial charge in [-0.2, -0.15) is 15.0 Å². The van der Waals surface area contributed by atoms with Crippen molar-refractivity contribution in [2.75, 3.05) is 16.4 Å². The van der Waals surface area contributed by atoms with Crippen LogP contribution < -0.4 is 16.4 Å². The van der Waals surface area contributed by atoms with Crippen LogP contribution in [0, 0.1) is 0 Å². The normalized spacial score (nSPS) is 12.8. The number of hydrogen-bond donors (Lipinski definition) is 3. The number of carbonyl (C=O) groups excluding carboxylic acids is 1. The van der Waals surface area contributed by atoms with E-state index in [1.165, 1.54) is 11.8 Å². The van der Waals surface area contributed by atoms with E-state index < -0.39 is 0 Å². The van der Waals surface area contributed by atoms with Crippen LogP contribution in [0.3, 0.4) is 0 Å². The molecule has 1 heterocycles. The molecular weight excluding hydrogens is 452 g/mol. The molecule has 0 saturated carbocycles. The van der Waals surface area contributed by atoms with Crippen LogP contribution in [0.5, 0.6) is 0 Å². The topological polar surface area (TPSA) is 106 Å². The van der Waals surface area contributed by atoms with Crippen molar-refractivity contribution in [3.63, 3.8) is 0 Å². The predicted octanol–water partition coefficient (Wildman–Crippen LogP) is 4.78. The highest BCUT2D eigenvalue weighted by Gasteiger charge is 2.21. The molecule has 0 aliphatic rings. The molecule has 0 aliphatic carbocycles. The molecule has 3 aromatic rings. The summed E-state index contributed by atoms with van der Waals surface area (Å²) in [5, 5.41) is 5.57. The second-order valence-corrected chi connectivity index (χ2v) is 8.89. The maximum atomic E-state index is 12.5. The molecule has 9 heteroatoms. The third-order valence-corrected chi connectivity index (χ3v) is 5.67. The lowest BCUT2D eigenvalue weighted by molar-refractivity contribution is -0.115. The third kappa shape index (κ3) is 6.16. The van der Waals surface area contributed by atoms with Gasteiger partial charge in [-0.05, 0) is 44.2 Å². The predicted molar refractivity (Wildman–Crippen MR) is 122 cm³/mol. The van der Waals surface area contributed by atoms with Crippen LogP contribution in [0.15, 0.2) is 59.1 Å². The number of thioether (sulfide) groups is 1. The van der Waals surface area contributed by atoms with Gasteiger partial charge in [-0.3, -0.25) is 4.79 Å². The molecule has 2 atom stereocenters. The molecule has 2 unspecified atom stereocenters. The lowest BCUT2D eigenvalue weighted by Crippen LogP contribution is -2.23. The van der Waals surface area contributed by atoms with Gasteiger partial charge in [0.1, 0.15) is 5.82 Å². The minimum Gasteiger partial charge on any atom is -0.368 e. The van der Waals surface area contributed by atoms with E-state index >= 15 is 0 Å². The number of halogens is 1. The number of hydrogen-bond acceptors (Lipinski definition) is 7. The number of nitrogen functional groups attached to an aromatic ring is 1. The summed E-state index contributed by atoms with van der Waals surface area (Å²) >= 11 is 4.85. The highest BCUT2D eigenvalue weighted by atomic mass is 79.9. The molecule has 7 nitrogen and oxygen atoms in total. The molecule has 150 valence electrons. The van der Waals surface area contributed by atoms with Gasteiger partial charge in [-0.1, -0.05) is 40.2 Å². The monoisotopic (exact) mass is 472 g/mol. The summed E-state index contributed by atoms with van der Waals surface area (Å²) in [6.07, 6.45) is 0. The maximum Gasteiger partial charge on any atom is 0.237 e. The molecule has 0 saturated heterocycles. The minimum absolute atomic E-state index is 0.0930. The van der Waals surface area contributed by atoms with Crippen LogP contribution in [0.4, 0.5) is 23.3 Å². The van der Waals surface area contributed by atoms with Crippen molar-refractivity contribution in [1.29, 1.82) is 0 Å². The molecule has 29 heavy (non-hydrogen) atoms. The summed E-state index contributed by atoms with van der Waals surface area (Å²) in [4.78, 5) is 25.4. The van der Waals surface area contributed by atoms with Crippen molar-refractivity contribution in [2.24, 2.45) is 0 Å². The zero-order chi connectivity index (χ0) is 20.8. The van der Waals surface area contributed by atoms with Crippen LogP contribution in [0.25, 0.3) is 0 Å². The Morgan fingerprint density at radius 1 is 1.03 bits per heavy atom. The van der Waals surface area contributed by atoms with Gasteiger partial charge in [-0.25, -0.2) is 0 Å². The number of amides is 1. The SMILES string of the molecule is CC(SC(C)c1nc(N)nc(Nc2ccccc2)n1)C(=O)Nc1cccc(Br)c1. The molecule has 0 aliphatic heterocycles. The fourth-order valence-corrected chi connectivity index (χ4v) is 3.96. The van der Waals surface area contributed by atoms with Crippen molar-refractivity contribution in [3.8, 4) is 0 Å². The van der Waals surface area contributed by atoms with Crippen molar-refractivity contribution in [1.82, 2.24) is 15.0 Å². The number of para-hydroxylation sites is 1. The fourth-order valence-electron chi connectivity index (χ4n) is 2.54. The summed E-state index contributed by atoms with van der Waals surface area (Å²) in [5.74, 6) is 0.928. The van der Waals surface area contributed by atoms with E-state index in [9.17, 15) is 4.79 Å². The van der Waals surface area contributed by atoms with E-state index in [-0.39, 0.29) is 22.4 Å². The van der Waals surface area contributed by atoms with Crippen molar-refractivity contribution < 1.29 is 4.79 Å². The van der Waals surface area contributed by atoms with Gasteiger partial charge >= 0.3 is 0 Å². The summed E-state index contributed by atoms with van der Waals surface area (Å²) in [6.45, 7) is 3.79. The van der Waals surface area contributed by atoms with E-state index in [0.29, 0.717) is 11.8 Å². The lowest BCUT2D eigenvalue weighted by atomic mass is 10.3. The summed E-state index contributed by atoms with van der Waals surface area (Å²) in [7, 11) is 0. The first kappa shape index (κ1) is 21.1. The number of aromatic nitrogens is 3. The Bertz CT molecular complexity index is 988. The minimum atomic E-state index is -0.312. The number of nitrogens with one attached hydrogen (secondary N) is 2. The van der Waals surface area contributed by atoms with Crippen LogP contribution in [-0.2, 0) is 4.79 Å². The number of nitrogens with two attached hydrogens (primary N) is 1. The number of rotatable bonds is 7. The van der Waals surface area contributed by atoms with Crippen LogP contribution in [0.1, 0.15) is 24.9 Å². The molecular formula is C20H21BrN6OS. The first-order valence-corrected chi connectivity index (χ1v) is 10.7. The molecule has 1 aromatic heterocycles. The van der Waals surface area contributed by atoms with Gasteiger partial charge in [-0.15, -0.1) is 11.8 Å². The highest BCUT2D eigenvalue weighted by molar-refractivity contribution is 9.10. The van der Waals surface area contributed by atoms with Gasteiger partial charge in [0.15, 0.2) is 0 Å². The average molecular weight is 473 g/mol. The van der Waals surface area contributed by atoms with Gasteiger partial charge < -0.3 is 16.4 Å². The molecule has 3 rings (SSSR count). The van der Waals surface area contributed by atoms with Crippen LogP contribution in [-0.4, -0.2) is 26.1 Å². The Labute approximate surface area is 182 Å². The Morgan fingerprint density at radius 2 is 1.76 bits per heavy atom. The lowest BCUT2D eigenvalue weighted by Gasteiger charge is -2.17. The van der Waals surface area contributed by atoms with E-state index in [4.69, 9.17) is 5.73 Å². The molecule has 0 spiro atoms. The standard InChI is InChI=1S/C20H21BrN6OS/c1-12(29-13(2)18(28)23-16-10-6-7-14(21)11-16)17-25-19(22)27-20(26-17)24-15-8-4-3-5-9-15/h3-13H,1-2H3,(H,23,28)(H3,22,24,25,26,27). The first-order chi connectivity index (χ1) is 13.9. The van der Waals surface area contributed by atoms with E-state index in [2.05, 4.69) is 41.5 Å². The van der Waals surface area contributed by atoms with Crippen LogP contribution in [0.2, 0.25) is 0 Å². The smallest absolute Gasteiger partial charge is 0.237 e. The summed E-state index contributed by atoms with van der Waals surface area (Å²) in [5.41, 5.74) is 7.45. The number of benzene rings is 2. The summed E-state index contributed by atoms with van der Waals surface area (Å²) < 4.78 is 0.906. The Hall–Kier alpha value is -2.65. The second kappa shape index (κ2) is 9.71. The molecule has 1 amide bonds. The van der Waals surface area contributed by atoms with Crippen molar-refractivity contribution in [2.45, 2.75) is 24.3 Å². The number of nitrogens with zero attached hydrogens (tertiary/aromatic N) is 3. The maximum absolute atomic E-state index is 12.5. The van der Waals surface area contributed by atoms with E-state index in [1.54, 1.807) is 0 Å².